The zero-order valence-corrected chi connectivity index (χ0v) is 20.7. The standard InChI is InChI=1S/C23H37N3O3Si/c1-9-28-15-18-25-19(21(24)27)20(17-13-11-10-12-14-17)26(18)16-23(5,6)29-30(7,8)22(2,3)4/h10-14H,9,15-16H2,1-8H3,(H2,24,27). The van der Waals surface area contributed by atoms with Gasteiger partial charge in [-0.2, -0.15) is 0 Å². The highest BCUT2D eigenvalue weighted by Gasteiger charge is 2.42. The van der Waals surface area contributed by atoms with Crippen molar-refractivity contribution in [3.05, 3.63) is 41.9 Å². The van der Waals surface area contributed by atoms with E-state index in [1.54, 1.807) is 0 Å². The number of imidazole rings is 1. The van der Waals surface area contributed by atoms with Crippen molar-refractivity contribution in [1.82, 2.24) is 9.55 Å². The van der Waals surface area contributed by atoms with Crippen molar-refractivity contribution in [2.75, 3.05) is 6.61 Å². The van der Waals surface area contributed by atoms with E-state index in [1.165, 1.54) is 0 Å². The largest absolute Gasteiger partial charge is 0.410 e. The molecule has 2 N–H and O–H groups in total. The molecule has 0 fully saturated rings. The van der Waals surface area contributed by atoms with Crippen molar-refractivity contribution in [2.45, 2.75) is 78.4 Å². The lowest BCUT2D eigenvalue weighted by molar-refractivity contribution is 0.0680. The summed E-state index contributed by atoms with van der Waals surface area (Å²) in [6, 6.07) is 9.76. The molecule has 1 amide bonds. The summed E-state index contributed by atoms with van der Waals surface area (Å²) in [5.41, 5.74) is 7.11. The quantitative estimate of drug-likeness (QED) is 0.568. The lowest BCUT2D eigenvalue weighted by Crippen LogP contribution is -2.49. The maximum atomic E-state index is 12.2. The van der Waals surface area contributed by atoms with Gasteiger partial charge in [0.2, 0.25) is 0 Å². The monoisotopic (exact) mass is 431 g/mol. The molecular weight excluding hydrogens is 394 g/mol. The molecule has 0 saturated heterocycles. The van der Waals surface area contributed by atoms with Crippen LogP contribution >= 0.6 is 0 Å². The summed E-state index contributed by atoms with van der Waals surface area (Å²) in [5, 5.41) is 0.0913. The Hall–Kier alpha value is -1.96. The summed E-state index contributed by atoms with van der Waals surface area (Å²) in [4.78, 5) is 16.8. The molecule has 30 heavy (non-hydrogen) atoms. The van der Waals surface area contributed by atoms with Gasteiger partial charge >= 0.3 is 0 Å². The van der Waals surface area contributed by atoms with Gasteiger partial charge in [-0.3, -0.25) is 4.79 Å². The van der Waals surface area contributed by atoms with E-state index in [-0.39, 0.29) is 10.7 Å². The summed E-state index contributed by atoms with van der Waals surface area (Å²) in [6.07, 6.45) is 0. The highest BCUT2D eigenvalue weighted by atomic mass is 28.4. The van der Waals surface area contributed by atoms with Crippen molar-refractivity contribution in [2.24, 2.45) is 5.73 Å². The van der Waals surface area contributed by atoms with Crippen LogP contribution in [0.3, 0.4) is 0 Å². The third-order valence-corrected chi connectivity index (χ3v) is 10.3. The highest BCUT2D eigenvalue weighted by molar-refractivity contribution is 6.74. The van der Waals surface area contributed by atoms with Crippen LogP contribution in [0.1, 0.15) is 57.9 Å². The lowest BCUT2D eigenvalue weighted by Gasteiger charge is -2.43. The van der Waals surface area contributed by atoms with Crippen LogP contribution in [0, 0.1) is 0 Å². The summed E-state index contributed by atoms with van der Waals surface area (Å²) in [5.74, 6) is 0.130. The van der Waals surface area contributed by atoms with Crippen LogP contribution in [0.2, 0.25) is 18.1 Å². The van der Waals surface area contributed by atoms with E-state index in [9.17, 15) is 4.79 Å². The molecule has 166 valence electrons. The second-order valence-corrected chi connectivity index (χ2v) is 14.5. The van der Waals surface area contributed by atoms with Gasteiger partial charge in [-0.25, -0.2) is 4.98 Å². The maximum Gasteiger partial charge on any atom is 0.269 e. The molecule has 2 rings (SSSR count). The van der Waals surface area contributed by atoms with Gasteiger partial charge in [0.05, 0.1) is 17.8 Å². The number of primary amides is 1. The number of nitrogens with zero attached hydrogens (tertiary/aromatic N) is 2. The van der Waals surface area contributed by atoms with Gasteiger partial charge in [0.1, 0.15) is 12.4 Å². The normalized spacial score (nSPS) is 12.9. The molecule has 1 aromatic carbocycles. The smallest absolute Gasteiger partial charge is 0.269 e. The molecule has 0 aliphatic rings. The zero-order chi connectivity index (χ0) is 22.7. The van der Waals surface area contributed by atoms with Crippen LogP contribution in [-0.2, 0) is 22.3 Å². The zero-order valence-electron chi connectivity index (χ0n) is 19.7. The van der Waals surface area contributed by atoms with Crippen LogP contribution in [0.15, 0.2) is 30.3 Å². The molecule has 0 radical (unpaired) electrons. The predicted octanol–water partition coefficient (Wildman–Crippen LogP) is 4.99. The van der Waals surface area contributed by atoms with Crippen molar-refractivity contribution in [3.63, 3.8) is 0 Å². The van der Waals surface area contributed by atoms with Gasteiger partial charge in [-0.05, 0) is 38.9 Å². The SMILES string of the molecule is CCOCc1nc(C(N)=O)c(-c2ccccc2)n1CC(C)(C)O[Si](C)(C)C(C)(C)C. The molecule has 0 bridgehead atoms. The minimum absolute atomic E-state index is 0.0913. The van der Waals surface area contributed by atoms with Gasteiger partial charge in [0.25, 0.3) is 5.91 Å². The molecule has 7 heteroatoms. The molecule has 6 nitrogen and oxygen atoms in total. The molecule has 0 aliphatic carbocycles. The van der Waals surface area contributed by atoms with E-state index in [2.05, 4.69) is 52.7 Å². The molecule has 0 unspecified atom stereocenters. The fourth-order valence-electron chi connectivity index (χ4n) is 3.29. The Morgan fingerprint density at radius 1 is 1.13 bits per heavy atom. The van der Waals surface area contributed by atoms with E-state index in [0.29, 0.717) is 31.3 Å². The number of rotatable bonds is 9. The van der Waals surface area contributed by atoms with E-state index < -0.39 is 19.8 Å². The summed E-state index contributed by atoms with van der Waals surface area (Å²) in [6.45, 7) is 18.7. The number of ether oxygens (including phenoxy) is 1. The molecule has 1 aromatic heterocycles. The van der Waals surface area contributed by atoms with Gasteiger partial charge in [0.15, 0.2) is 14.0 Å². The minimum atomic E-state index is -2.01. The minimum Gasteiger partial charge on any atom is -0.410 e. The fraction of sp³-hybridized carbons (Fsp3) is 0.565. The summed E-state index contributed by atoms with van der Waals surface area (Å²) >= 11 is 0. The third-order valence-electron chi connectivity index (χ3n) is 5.64. The molecule has 0 spiro atoms. The van der Waals surface area contributed by atoms with Crippen molar-refractivity contribution in [3.8, 4) is 11.3 Å². The Morgan fingerprint density at radius 2 is 1.73 bits per heavy atom. The van der Waals surface area contributed by atoms with Gasteiger partial charge in [-0.15, -0.1) is 0 Å². The van der Waals surface area contributed by atoms with E-state index >= 15 is 0 Å². The number of amides is 1. The van der Waals surface area contributed by atoms with Gasteiger partial charge < -0.3 is 19.5 Å². The van der Waals surface area contributed by atoms with E-state index in [1.807, 2.05) is 41.8 Å². The molecule has 0 aliphatic heterocycles. The number of hydrogen-bond acceptors (Lipinski definition) is 4. The van der Waals surface area contributed by atoms with E-state index in [4.69, 9.17) is 14.9 Å². The molecule has 0 saturated carbocycles. The van der Waals surface area contributed by atoms with E-state index in [0.717, 1.165) is 5.56 Å². The summed E-state index contributed by atoms with van der Waals surface area (Å²) < 4.78 is 14.4. The Labute approximate surface area is 181 Å². The first kappa shape index (κ1) is 24.3. The van der Waals surface area contributed by atoms with Crippen molar-refractivity contribution in [1.29, 1.82) is 0 Å². The van der Waals surface area contributed by atoms with Crippen molar-refractivity contribution < 1.29 is 14.0 Å². The fourth-order valence-corrected chi connectivity index (χ4v) is 5.04. The molecular formula is C23H37N3O3Si. The number of carbonyl (C=O) groups excluding carboxylic acids is 1. The maximum absolute atomic E-state index is 12.2. The first-order valence-corrected chi connectivity index (χ1v) is 13.4. The van der Waals surface area contributed by atoms with Crippen LogP contribution in [0.4, 0.5) is 0 Å². The number of carbonyl (C=O) groups is 1. The molecule has 0 atom stereocenters. The highest BCUT2D eigenvalue weighted by Crippen LogP contribution is 2.40. The van der Waals surface area contributed by atoms with Crippen molar-refractivity contribution >= 4 is 14.2 Å². The van der Waals surface area contributed by atoms with Crippen LogP contribution in [0.25, 0.3) is 11.3 Å². The number of hydrogen-bond donors (Lipinski definition) is 1. The number of aromatic nitrogens is 2. The number of benzene rings is 1. The Balaban J connectivity index is 2.57. The molecule has 1 heterocycles. The first-order chi connectivity index (χ1) is 13.8. The van der Waals surface area contributed by atoms with Crippen LogP contribution in [-0.4, -0.2) is 36.0 Å². The topological polar surface area (TPSA) is 79.4 Å². The van der Waals surface area contributed by atoms with Gasteiger partial charge in [-0.1, -0.05) is 51.1 Å². The molecule has 2 aromatic rings. The average molecular weight is 432 g/mol. The second-order valence-electron chi connectivity index (χ2n) is 9.80. The second kappa shape index (κ2) is 9.04. The van der Waals surface area contributed by atoms with Gasteiger partial charge in [0, 0.05) is 12.2 Å². The predicted molar refractivity (Wildman–Crippen MR) is 124 cm³/mol. The Kier molecular flexibility index (Phi) is 7.32. The lowest BCUT2D eigenvalue weighted by atomic mass is 10.1. The number of nitrogens with two attached hydrogens (primary N) is 1. The third kappa shape index (κ3) is 5.59. The first-order valence-electron chi connectivity index (χ1n) is 10.5. The summed E-state index contributed by atoms with van der Waals surface area (Å²) in [7, 11) is -2.01. The van der Waals surface area contributed by atoms with Crippen LogP contribution in [0.5, 0.6) is 0 Å². The Morgan fingerprint density at radius 3 is 2.23 bits per heavy atom. The Bertz CT molecular complexity index is 868. The van der Waals surface area contributed by atoms with Crippen LogP contribution < -0.4 is 5.73 Å². The average Bonchev–Trinajstić information content (AvgIpc) is 2.96.